The summed E-state index contributed by atoms with van der Waals surface area (Å²) < 4.78 is 4.79. The number of carbonyl (C=O) groups excluding carboxylic acids is 3. The molecule has 0 saturated heterocycles. The Morgan fingerprint density at radius 2 is 2.14 bits per heavy atom. The first kappa shape index (κ1) is 10.9. The van der Waals surface area contributed by atoms with Crippen LogP contribution in [0.25, 0.3) is 0 Å². The molecule has 14 heavy (non-hydrogen) atoms. The molecule has 1 fully saturated rings. The maximum Gasteiger partial charge on any atom is 0.316 e. The van der Waals surface area contributed by atoms with Crippen molar-refractivity contribution in [3.63, 3.8) is 0 Å². The number of carbonyl (C=O) groups is 3. The highest BCUT2D eigenvalue weighted by molar-refractivity contribution is 6.10. The lowest BCUT2D eigenvalue weighted by atomic mass is 9.79. The van der Waals surface area contributed by atoms with Gasteiger partial charge in [-0.1, -0.05) is 6.92 Å². The van der Waals surface area contributed by atoms with Gasteiger partial charge in [0.25, 0.3) is 0 Å². The number of ketones is 2. The molecule has 78 valence electrons. The molecule has 1 aliphatic rings. The van der Waals surface area contributed by atoms with Gasteiger partial charge in [-0.05, 0) is 12.8 Å². The van der Waals surface area contributed by atoms with Crippen molar-refractivity contribution in [1.29, 1.82) is 0 Å². The fraction of sp³-hybridized carbons (Fsp3) is 0.700. The molecule has 0 bridgehead atoms. The lowest BCUT2D eigenvalue weighted by molar-refractivity contribution is -0.155. The third-order valence-corrected chi connectivity index (χ3v) is 2.38. The molecule has 0 aromatic carbocycles. The van der Waals surface area contributed by atoms with E-state index in [1.54, 1.807) is 13.8 Å². The zero-order valence-electron chi connectivity index (χ0n) is 8.41. The van der Waals surface area contributed by atoms with Crippen molar-refractivity contribution in [2.75, 3.05) is 6.61 Å². The van der Waals surface area contributed by atoms with Gasteiger partial charge in [0.05, 0.1) is 13.0 Å². The molecular weight excluding hydrogens is 184 g/mol. The highest BCUT2D eigenvalue weighted by Gasteiger charge is 2.39. The van der Waals surface area contributed by atoms with Crippen LogP contribution in [0.2, 0.25) is 0 Å². The Hall–Kier alpha value is -1.19. The first-order valence-corrected chi connectivity index (χ1v) is 4.77. The lowest BCUT2D eigenvalue weighted by Crippen LogP contribution is -2.38. The predicted octanol–water partition coefficient (Wildman–Crippen LogP) is 0.734. The third-order valence-electron chi connectivity index (χ3n) is 2.38. The summed E-state index contributed by atoms with van der Waals surface area (Å²) in [6, 6.07) is 0. The quantitative estimate of drug-likeness (QED) is 0.485. The van der Waals surface area contributed by atoms with Crippen molar-refractivity contribution in [2.24, 2.45) is 11.8 Å². The molecule has 0 amide bonds. The molecule has 0 N–H and O–H groups in total. The molecule has 1 saturated carbocycles. The topological polar surface area (TPSA) is 60.4 Å². The Morgan fingerprint density at radius 3 is 2.64 bits per heavy atom. The molecule has 4 heteroatoms. The van der Waals surface area contributed by atoms with Gasteiger partial charge >= 0.3 is 5.97 Å². The second-order valence-electron chi connectivity index (χ2n) is 3.59. The SMILES string of the molecule is CCOC(=O)[C@@H]1C(=O)CC(=O)C[C@@H]1C. The highest BCUT2D eigenvalue weighted by atomic mass is 16.5. The predicted molar refractivity (Wildman–Crippen MR) is 48.5 cm³/mol. The van der Waals surface area contributed by atoms with Gasteiger partial charge in [-0.3, -0.25) is 14.4 Å². The van der Waals surface area contributed by atoms with Crippen LogP contribution in [0, 0.1) is 11.8 Å². The average Bonchev–Trinajstić information content (AvgIpc) is 2.01. The van der Waals surface area contributed by atoms with Gasteiger partial charge in [0.15, 0.2) is 5.78 Å². The summed E-state index contributed by atoms with van der Waals surface area (Å²) in [4.78, 5) is 33.8. The van der Waals surface area contributed by atoms with Crippen molar-refractivity contribution >= 4 is 17.5 Å². The number of esters is 1. The molecule has 1 aliphatic carbocycles. The molecule has 4 nitrogen and oxygen atoms in total. The second kappa shape index (κ2) is 4.35. The zero-order chi connectivity index (χ0) is 10.7. The van der Waals surface area contributed by atoms with Crippen LogP contribution in [0.15, 0.2) is 0 Å². The van der Waals surface area contributed by atoms with Crippen LogP contribution in [0.5, 0.6) is 0 Å². The van der Waals surface area contributed by atoms with Crippen molar-refractivity contribution < 1.29 is 19.1 Å². The third kappa shape index (κ3) is 2.19. The van der Waals surface area contributed by atoms with Gasteiger partial charge in [0, 0.05) is 6.42 Å². The Labute approximate surface area is 82.6 Å². The Balaban J connectivity index is 2.71. The summed E-state index contributed by atoms with van der Waals surface area (Å²) in [5, 5.41) is 0. The van der Waals surface area contributed by atoms with E-state index in [0.717, 1.165) is 0 Å². The molecule has 0 aliphatic heterocycles. The molecule has 0 aromatic heterocycles. The minimum Gasteiger partial charge on any atom is -0.465 e. The van der Waals surface area contributed by atoms with E-state index in [1.165, 1.54) is 0 Å². The lowest BCUT2D eigenvalue weighted by Gasteiger charge is -2.24. The van der Waals surface area contributed by atoms with Crippen molar-refractivity contribution in [3.05, 3.63) is 0 Å². The molecule has 2 atom stereocenters. The van der Waals surface area contributed by atoms with E-state index in [4.69, 9.17) is 4.74 Å². The highest BCUT2D eigenvalue weighted by Crippen LogP contribution is 2.25. The van der Waals surface area contributed by atoms with Crippen molar-refractivity contribution in [3.8, 4) is 0 Å². The van der Waals surface area contributed by atoms with E-state index in [9.17, 15) is 14.4 Å². The van der Waals surface area contributed by atoms with Gasteiger partial charge in [-0.2, -0.15) is 0 Å². The monoisotopic (exact) mass is 198 g/mol. The first-order chi connectivity index (χ1) is 6.56. The molecule has 0 heterocycles. The molecule has 1 rings (SSSR count). The maximum atomic E-state index is 11.4. The minimum atomic E-state index is -0.729. The minimum absolute atomic E-state index is 0.0805. The fourth-order valence-electron chi connectivity index (χ4n) is 1.77. The molecular formula is C10H14O4. The van der Waals surface area contributed by atoms with Gasteiger partial charge in [0.2, 0.25) is 0 Å². The average molecular weight is 198 g/mol. The molecule has 0 radical (unpaired) electrons. The summed E-state index contributed by atoms with van der Waals surface area (Å²) in [5.74, 6) is -1.82. The summed E-state index contributed by atoms with van der Waals surface area (Å²) in [7, 11) is 0. The summed E-state index contributed by atoms with van der Waals surface area (Å²) >= 11 is 0. The van der Waals surface area contributed by atoms with E-state index in [-0.39, 0.29) is 30.5 Å². The molecule has 0 unspecified atom stereocenters. The number of hydrogen-bond acceptors (Lipinski definition) is 4. The summed E-state index contributed by atoms with van der Waals surface area (Å²) in [5.41, 5.74) is 0. The number of ether oxygens (including phenoxy) is 1. The van der Waals surface area contributed by atoms with Crippen LogP contribution in [-0.2, 0) is 19.1 Å². The van der Waals surface area contributed by atoms with Gasteiger partial charge in [-0.25, -0.2) is 0 Å². The Bertz CT molecular complexity index is 269. The van der Waals surface area contributed by atoms with Gasteiger partial charge in [-0.15, -0.1) is 0 Å². The Kier molecular flexibility index (Phi) is 3.38. The van der Waals surface area contributed by atoms with Crippen LogP contribution in [0.1, 0.15) is 26.7 Å². The largest absolute Gasteiger partial charge is 0.465 e. The van der Waals surface area contributed by atoms with Crippen LogP contribution in [0.4, 0.5) is 0 Å². The van der Waals surface area contributed by atoms with Crippen molar-refractivity contribution in [2.45, 2.75) is 26.7 Å². The van der Waals surface area contributed by atoms with Crippen molar-refractivity contribution in [1.82, 2.24) is 0 Å². The summed E-state index contributed by atoms with van der Waals surface area (Å²) in [6.45, 7) is 3.70. The maximum absolute atomic E-state index is 11.4. The molecule has 0 aromatic rings. The van der Waals surface area contributed by atoms with Gasteiger partial charge < -0.3 is 4.74 Å². The number of Topliss-reactive ketones (excluding diaryl/α,β-unsaturated/α-hetero) is 2. The van der Waals surface area contributed by atoms with Gasteiger partial charge in [0.1, 0.15) is 11.7 Å². The number of hydrogen-bond donors (Lipinski definition) is 0. The van der Waals surface area contributed by atoms with Crippen LogP contribution in [0.3, 0.4) is 0 Å². The van der Waals surface area contributed by atoms with Crippen LogP contribution < -0.4 is 0 Å². The smallest absolute Gasteiger partial charge is 0.316 e. The van der Waals surface area contributed by atoms with Crippen LogP contribution in [-0.4, -0.2) is 24.1 Å². The first-order valence-electron chi connectivity index (χ1n) is 4.77. The zero-order valence-corrected chi connectivity index (χ0v) is 8.41. The van der Waals surface area contributed by atoms with E-state index in [2.05, 4.69) is 0 Å². The Morgan fingerprint density at radius 1 is 1.50 bits per heavy atom. The van der Waals surface area contributed by atoms with E-state index < -0.39 is 11.9 Å². The normalized spacial score (nSPS) is 27.6. The summed E-state index contributed by atoms with van der Waals surface area (Å²) in [6.07, 6.45) is 0.184. The van der Waals surface area contributed by atoms with E-state index in [0.29, 0.717) is 6.42 Å². The number of rotatable bonds is 2. The van der Waals surface area contributed by atoms with E-state index >= 15 is 0 Å². The molecule has 0 spiro atoms. The van der Waals surface area contributed by atoms with E-state index in [1.807, 2.05) is 0 Å². The standard InChI is InChI=1S/C10H14O4/c1-3-14-10(13)9-6(2)4-7(11)5-8(9)12/h6,9H,3-5H2,1-2H3/t6-,9-/m0/s1. The fourth-order valence-corrected chi connectivity index (χ4v) is 1.77. The second-order valence-corrected chi connectivity index (χ2v) is 3.59. The van der Waals surface area contributed by atoms with Crippen LogP contribution >= 0.6 is 0 Å².